The number of piperidine rings is 2. The van der Waals surface area contributed by atoms with Crippen molar-refractivity contribution in [2.75, 3.05) is 32.7 Å². The Bertz CT molecular complexity index is 225. The molecule has 2 aliphatic rings. The normalized spacial score (nSPS) is 26.3. The molecule has 0 saturated carbocycles. The van der Waals surface area contributed by atoms with Crippen molar-refractivity contribution in [3.63, 3.8) is 0 Å². The van der Waals surface area contributed by atoms with Crippen molar-refractivity contribution in [2.45, 2.75) is 58.8 Å². The van der Waals surface area contributed by atoms with Crippen molar-refractivity contribution in [2.24, 2.45) is 11.3 Å². The van der Waals surface area contributed by atoms with E-state index in [1.807, 2.05) is 0 Å². The van der Waals surface area contributed by atoms with Gasteiger partial charge < -0.3 is 10.2 Å². The predicted molar refractivity (Wildman–Crippen MR) is 78.9 cm³/mol. The lowest BCUT2D eigenvalue weighted by atomic mass is 9.78. The van der Waals surface area contributed by atoms with E-state index in [9.17, 15) is 0 Å². The number of likely N-dealkylation sites (tertiary alicyclic amines) is 1. The number of nitrogens with one attached hydrogen (secondary N) is 1. The van der Waals surface area contributed by atoms with Gasteiger partial charge in [-0.3, -0.25) is 0 Å². The quantitative estimate of drug-likeness (QED) is 0.808. The van der Waals surface area contributed by atoms with E-state index in [2.05, 4.69) is 24.1 Å². The molecule has 0 aliphatic carbocycles. The minimum absolute atomic E-state index is 0.644. The first-order valence-electron chi connectivity index (χ1n) is 8.15. The van der Waals surface area contributed by atoms with Crippen LogP contribution in [-0.4, -0.2) is 37.6 Å². The van der Waals surface area contributed by atoms with Crippen LogP contribution in [0.2, 0.25) is 0 Å². The van der Waals surface area contributed by atoms with E-state index in [0.717, 1.165) is 5.92 Å². The van der Waals surface area contributed by atoms with E-state index in [-0.39, 0.29) is 0 Å². The highest BCUT2D eigenvalue weighted by molar-refractivity contribution is 4.81. The SMILES string of the molecule is CCC1(C)CCN(CCCC2CCNCC2)CC1. The lowest BCUT2D eigenvalue weighted by Gasteiger charge is -2.39. The average molecular weight is 252 g/mol. The lowest BCUT2D eigenvalue weighted by molar-refractivity contribution is 0.111. The Balaban J connectivity index is 1.57. The van der Waals surface area contributed by atoms with E-state index in [4.69, 9.17) is 0 Å². The first-order chi connectivity index (χ1) is 8.72. The molecule has 2 heteroatoms. The number of nitrogens with zero attached hydrogens (tertiary/aromatic N) is 1. The molecule has 0 aromatic heterocycles. The fourth-order valence-corrected chi connectivity index (χ4v) is 3.44. The Morgan fingerprint density at radius 3 is 2.44 bits per heavy atom. The second-order valence-corrected chi connectivity index (χ2v) is 6.84. The summed E-state index contributed by atoms with van der Waals surface area (Å²) < 4.78 is 0. The highest BCUT2D eigenvalue weighted by Gasteiger charge is 2.27. The first kappa shape index (κ1) is 14.3. The van der Waals surface area contributed by atoms with Crippen LogP contribution in [0.1, 0.15) is 58.8 Å². The van der Waals surface area contributed by atoms with Gasteiger partial charge in [0.15, 0.2) is 0 Å². The molecule has 2 saturated heterocycles. The highest BCUT2D eigenvalue weighted by atomic mass is 15.1. The van der Waals surface area contributed by atoms with E-state index >= 15 is 0 Å². The number of rotatable bonds is 5. The molecule has 18 heavy (non-hydrogen) atoms. The molecule has 106 valence electrons. The zero-order valence-corrected chi connectivity index (χ0v) is 12.5. The Labute approximate surface area is 114 Å². The third-order valence-corrected chi connectivity index (χ3v) is 5.46. The number of hydrogen-bond acceptors (Lipinski definition) is 2. The monoisotopic (exact) mass is 252 g/mol. The molecule has 0 spiro atoms. The van der Waals surface area contributed by atoms with Crippen molar-refractivity contribution >= 4 is 0 Å². The largest absolute Gasteiger partial charge is 0.317 e. The summed E-state index contributed by atoms with van der Waals surface area (Å²) in [5.41, 5.74) is 0.644. The van der Waals surface area contributed by atoms with Crippen LogP contribution in [0.4, 0.5) is 0 Å². The molecule has 0 aromatic carbocycles. The average Bonchev–Trinajstić information content (AvgIpc) is 2.42. The lowest BCUT2D eigenvalue weighted by Crippen LogP contribution is -2.39. The van der Waals surface area contributed by atoms with Crippen molar-refractivity contribution in [1.29, 1.82) is 0 Å². The number of hydrogen-bond donors (Lipinski definition) is 1. The molecule has 0 radical (unpaired) electrons. The van der Waals surface area contributed by atoms with Crippen LogP contribution in [0, 0.1) is 11.3 Å². The summed E-state index contributed by atoms with van der Waals surface area (Å²) in [7, 11) is 0. The molecular weight excluding hydrogens is 220 g/mol. The zero-order chi connectivity index (χ0) is 12.8. The fourth-order valence-electron chi connectivity index (χ4n) is 3.44. The van der Waals surface area contributed by atoms with Gasteiger partial charge in [0.05, 0.1) is 0 Å². The molecule has 2 nitrogen and oxygen atoms in total. The Morgan fingerprint density at radius 2 is 1.83 bits per heavy atom. The summed E-state index contributed by atoms with van der Waals surface area (Å²) in [4.78, 5) is 2.71. The van der Waals surface area contributed by atoms with Crippen LogP contribution in [-0.2, 0) is 0 Å². The topological polar surface area (TPSA) is 15.3 Å². The highest BCUT2D eigenvalue weighted by Crippen LogP contribution is 2.34. The molecular formula is C16H32N2. The minimum atomic E-state index is 0.644. The third-order valence-electron chi connectivity index (χ3n) is 5.46. The molecule has 2 aliphatic heterocycles. The van der Waals surface area contributed by atoms with E-state index in [1.54, 1.807) is 0 Å². The smallest absolute Gasteiger partial charge is 0.00135 e. The Hall–Kier alpha value is -0.0800. The maximum atomic E-state index is 3.46. The molecule has 1 N–H and O–H groups in total. The summed E-state index contributed by atoms with van der Waals surface area (Å²) in [5.74, 6) is 1.01. The first-order valence-corrected chi connectivity index (χ1v) is 8.15. The second kappa shape index (κ2) is 6.91. The summed E-state index contributed by atoms with van der Waals surface area (Å²) in [5, 5.41) is 3.46. The van der Waals surface area contributed by atoms with Crippen LogP contribution in [0.25, 0.3) is 0 Å². The van der Waals surface area contributed by atoms with Gasteiger partial charge in [-0.25, -0.2) is 0 Å². The molecule has 0 amide bonds. The van der Waals surface area contributed by atoms with Gasteiger partial charge in [-0.15, -0.1) is 0 Å². The van der Waals surface area contributed by atoms with E-state index < -0.39 is 0 Å². The van der Waals surface area contributed by atoms with Gasteiger partial charge in [-0.1, -0.05) is 20.3 Å². The van der Waals surface area contributed by atoms with Gasteiger partial charge >= 0.3 is 0 Å². The van der Waals surface area contributed by atoms with E-state index in [1.165, 1.54) is 77.7 Å². The molecule has 2 rings (SSSR count). The third kappa shape index (κ3) is 4.24. The van der Waals surface area contributed by atoms with Crippen molar-refractivity contribution in [3.8, 4) is 0 Å². The molecule has 2 fully saturated rings. The molecule has 0 aromatic rings. The van der Waals surface area contributed by atoms with Gasteiger partial charge in [-0.05, 0) is 82.6 Å². The zero-order valence-electron chi connectivity index (χ0n) is 12.5. The molecule has 0 atom stereocenters. The molecule has 2 heterocycles. The van der Waals surface area contributed by atoms with Gasteiger partial charge in [-0.2, -0.15) is 0 Å². The maximum Gasteiger partial charge on any atom is -0.00135 e. The Morgan fingerprint density at radius 1 is 1.17 bits per heavy atom. The van der Waals surface area contributed by atoms with Gasteiger partial charge in [0, 0.05) is 0 Å². The summed E-state index contributed by atoms with van der Waals surface area (Å²) in [6.07, 6.45) is 9.89. The summed E-state index contributed by atoms with van der Waals surface area (Å²) >= 11 is 0. The Kier molecular flexibility index (Phi) is 5.50. The molecule has 0 unspecified atom stereocenters. The van der Waals surface area contributed by atoms with Crippen LogP contribution in [0.15, 0.2) is 0 Å². The van der Waals surface area contributed by atoms with Gasteiger partial charge in [0.2, 0.25) is 0 Å². The van der Waals surface area contributed by atoms with Crippen molar-refractivity contribution in [1.82, 2.24) is 10.2 Å². The predicted octanol–water partition coefficient (Wildman–Crippen LogP) is 3.28. The van der Waals surface area contributed by atoms with E-state index in [0.29, 0.717) is 5.41 Å². The minimum Gasteiger partial charge on any atom is -0.317 e. The summed E-state index contributed by atoms with van der Waals surface area (Å²) in [6.45, 7) is 11.4. The van der Waals surface area contributed by atoms with Crippen molar-refractivity contribution in [3.05, 3.63) is 0 Å². The van der Waals surface area contributed by atoms with Crippen LogP contribution >= 0.6 is 0 Å². The second-order valence-electron chi connectivity index (χ2n) is 6.84. The standard InChI is InChI=1S/C16H32N2/c1-3-16(2)8-13-18(14-9-16)12-4-5-15-6-10-17-11-7-15/h15,17H,3-14H2,1-2H3. The van der Waals surface area contributed by atoms with Crippen LogP contribution < -0.4 is 5.32 Å². The fraction of sp³-hybridized carbons (Fsp3) is 1.00. The molecule has 0 bridgehead atoms. The van der Waals surface area contributed by atoms with Crippen molar-refractivity contribution < 1.29 is 0 Å². The maximum absolute atomic E-state index is 3.46. The van der Waals surface area contributed by atoms with Gasteiger partial charge in [0.25, 0.3) is 0 Å². The van der Waals surface area contributed by atoms with Crippen LogP contribution in [0.5, 0.6) is 0 Å². The summed E-state index contributed by atoms with van der Waals surface area (Å²) in [6, 6.07) is 0. The van der Waals surface area contributed by atoms with Crippen LogP contribution in [0.3, 0.4) is 0 Å². The van der Waals surface area contributed by atoms with Gasteiger partial charge in [0.1, 0.15) is 0 Å².